The Morgan fingerprint density at radius 3 is 1.74 bits per heavy atom. The van der Waals surface area contributed by atoms with Crippen molar-refractivity contribution in [2.24, 2.45) is 5.73 Å². The first-order valence-electron chi connectivity index (χ1n) is 17.4. The van der Waals surface area contributed by atoms with Crippen LogP contribution in [0, 0.1) is 0 Å². The van der Waals surface area contributed by atoms with E-state index >= 15 is 0 Å². The molecule has 0 saturated heterocycles. The standard InChI is InChI=1S/C35H62N6O4.CH5N/c1-10-12-14-24-39(9)28-29-41(27-15-13-11-2)38-30-18-20-31(21-19-30)40(25-16-22-36-32(42)44-34(3,4)5)26-17-23-37-33(43)45-35(6,7)8;1-2/h18-21,28-29,38H,9-17,22-27H2,1-8H3,(H-,36,37,42,43);2H2,1H3/p+1/b29-28-;. The van der Waals surface area contributed by atoms with E-state index in [0.29, 0.717) is 13.1 Å². The van der Waals surface area contributed by atoms with Crippen LogP contribution in [-0.4, -0.2) is 86.0 Å². The molecule has 0 spiro atoms. The molecule has 5 N–H and O–H groups in total. The Kier molecular flexibility index (Phi) is 22.8. The van der Waals surface area contributed by atoms with Crippen molar-refractivity contribution in [3.8, 4) is 0 Å². The minimum absolute atomic E-state index is 0.411. The van der Waals surface area contributed by atoms with Crippen molar-refractivity contribution in [1.82, 2.24) is 15.6 Å². The molecule has 0 aromatic heterocycles. The van der Waals surface area contributed by atoms with Gasteiger partial charge in [-0.1, -0.05) is 33.1 Å². The number of unbranched alkanes of at least 4 members (excludes halogenated alkanes) is 4. The van der Waals surface area contributed by atoms with Gasteiger partial charge in [0.1, 0.15) is 24.5 Å². The summed E-state index contributed by atoms with van der Waals surface area (Å²) in [6.07, 6.45) is 11.8. The number of amides is 2. The molecular weight excluding hydrogens is 594 g/mol. The second-order valence-corrected chi connectivity index (χ2v) is 13.4. The van der Waals surface area contributed by atoms with Gasteiger partial charge in [0, 0.05) is 44.8 Å². The zero-order valence-electron chi connectivity index (χ0n) is 31.1. The second-order valence-electron chi connectivity index (χ2n) is 13.4. The third-order valence-electron chi connectivity index (χ3n) is 6.56. The van der Waals surface area contributed by atoms with Gasteiger partial charge >= 0.3 is 12.2 Å². The van der Waals surface area contributed by atoms with Crippen LogP contribution in [0.25, 0.3) is 0 Å². The summed E-state index contributed by atoms with van der Waals surface area (Å²) < 4.78 is 12.7. The lowest BCUT2D eigenvalue weighted by atomic mass is 10.2. The number of hydrogen-bond acceptors (Lipinski definition) is 8. The third-order valence-corrected chi connectivity index (χ3v) is 6.56. The van der Waals surface area contributed by atoms with Crippen LogP contribution >= 0.6 is 0 Å². The Hall–Kier alpha value is -3.47. The van der Waals surface area contributed by atoms with Crippen molar-refractivity contribution in [3.05, 3.63) is 36.7 Å². The molecule has 0 bridgehead atoms. The van der Waals surface area contributed by atoms with E-state index in [-0.39, 0.29) is 0 Å². The number of hydrogen-bond donors (Lipinski definition) is 4. The van der Waals surface area contributed by atoms with Crippen molar-refractivity contribution >= 4 is 30.3 Å². The lowest BCUT2D eigenvalue weighted by molar-refractivity contribution is -0.449. The van der Waals surface area contributed by atoms with Gasteiger partial charge < -0.3 is 30.7 Å². The van der Waals surface area contributed by atoms with Gasteiger partial charge in [0.25, 0.3) is 0 Å². The zero-order valence-corrected chi connectivity index (χ0v) is 31.1. The Balaban J connectivity index is 0.0000104. The highest BCUT2D eigenvalue weighted by Gasteiger charge is 2.17. The Labute approximate surface area is 286 Å². The molecule has 1 aromatic rings. The normalized spacial score (nSPS) is 11.3. The minimum Gasteiger partial charge on any atom is -0.444 e. The van der Waals surface area contributed by atoms with Gasteiger partial charge in [-0.3, -0.25) is 10.4 Å². The number of benzene rings is 1. The highest BCUT2D eigenvalue weighted by molar-refractivity contribution is 5.68. The smallest absolute Gasteiger partial charge is 0.407 e. The number of carbonyl (C=O) groups is 2. The van der Waals surface area contributed by atoms with Crippen molar-refractivity contribution in [3.63, 3.8) is 0 Å². The summed E-state index contributed by atoms with van der Waals surface area (Å²) in [5.74, 6) is 0. The first kappa shape index (κ1) is 43.5. The molecular formula is C36H68N7O4+. The molecule has 0 fully saturated rings. The molecule has 1 aromatic carbocycles. The molecule has 11 heteroatoms. The summed E-state index contributed by atoms with van der Waals surface area (Å²) in [7, 11) is 1.50. The molecule has 0 radical (unpaired) electrons. The van der Waals surface area contributed by atoms with E-state index in [4.69, 9.17) is 9.47 Å². The fourth-order valence-electron chi connectivity index (χ4n) is 4.35. The van der Waals surface area contributed by atoms with E-state index in [0.717, 1.165) is 63.2 Å². The van der Waals surface area contributed by atoms with Crippen molar-refractivity contribution < 1.29 is 23.6 Å². The van der Waals surface area contributed by atoms with Gasteiger partial charge in [-0.2, -0.15) is 0 Å². The fourth-order valence-corrected chi connectivity index (χ4v) is 4.35. The molecule has 47 heavy (non-hydrogen) atoms. The quantitative estimate of drug-likeness (QED) is 0.0476. The molecule has 0 atom stereocenters. The van der Waals surface area contributed by atoms with Gasteiger partial charge in [0.15, 0.2) is 6.20 Å². The number of ether oxygens (including phenoxy) is 2. The van der Waals surface area contributed by atoms with Crippen LogP contribution in [0.4, 0.5) is 21.0 Å². The second kappa shape index (κ2) is 24.7. The fraction of sp³-hybridized carbons (Fsp3) is 0.694. The molecule has 0 aliphatic heterocycles. The Morgan fingerprint density at radius 1 is 0.787 bits per heavy atom. The topological polar surface area (TPSA) is 124 Å². The molecule has 0 saturated carbocycles. The van der Waals surface area contributed by atoms with Crippen LogP contribution in [0.1, 0.15) is 107 Å². The number of nitrogens with zero attached hydrogens (tertiary/aromatic N) is 3. The first-order valence-corrected chi connectivity index (χ1v) is 17.4. The van der Waals surface area contributed by atoms with E-state index < -0.39 is 23.4 Å². The van der Waals surface area contributed by atoms with Gasteiger partial charge in [-0.25, -0.2) is 14.2 Å². The number of carbonyl (C=O) groups excluding carboxylic acids is 2. The molecule has 0 heterocycles. The third kappa shape index (κ3) is 24.4. The molecule has 11 nitrogen and oxygen atoms in total. The van der Waals surface area contributed by atoms with Crippen LogP contribution in [0.5, 0.6) is 0 Å². The van der Waals surface area contributed by atoms with Crippen LogP contribution in [0.3, 0.4) is 0 Å². The molecule has 0 aliphatic carbocycles. The summed E-state index contributed by atoms with van der Waals surface area (Å²) in [6.45, 7) is 24.0. The average Bonchev–Trinajstić information content (AvgIpc) is 2.99. The van der Waals surface area contributed by atoms with Gasteiger partial charge in [-0.15, -0.1) is 0 Å². The SMILES string of the molecule is C=[N+](/C=C\N(CCCCC)Nc1ccc(N(CCCNC(=O)OC(C)(C)C)CCCNC(=O)OC(C)(C)C)cc1)CCCCC.CN. The van der Waals surface area contributed by atoms with Crippen LogP contribution in [0.2, 0.25) is 0 Å². The monoisotopic (exact) mass is 663 g/mol. The molecule has 2 amide bonds. The van der Waals surface area contributed by atoms with Crippen molar-refractivity contribution in [2.75, 3.05) is 56.6 Å². The lowest BCUT2D eigenvalue weighted by Gasteiger charge is -2.27. The Morgan fingerprint density at radius 2 is 1.28 bits per heavy atom. The van der Waals surface area contributed by atoms with Gasteiger partial charge in [0.2, 0.25) is 0 Å². The zero-order chi connectivity index (χ0) is 35.7. The number of anilines is 2. The lowest BCUT2D eigenvalue weighted by Crippen LogP contribution is -2.36. The van der Waals surface area contributed by atoms with Crippen molar-refractivity contribution in [2.45, 2.75) is 118 Å². The highest BCUT2D eigenvalue weighted by atomic mass is 16.6. The maximum Gasteiger partial charge on any atom is 0.407 e. The van der Waals surface area contributed by atoms with E-state index in [1.54, 1.807) is 0 Å². The van der Waals surface area contributed by atoms with Crippen LogP contribution in [0.15, 0.2) is 36.7 Å². The van der Waals surface area contributed by atoms with Crippen molar-refractivity contribution in [1.29, 1.82) is 0 Å². The van der Waals surface area contributed by atoms with Crippen LogP contribution in [-0.2, 0) is 9.47 Å². The number of alkyl carbamates (subject to hydrolysis) is 2. The van der Waals surface area contributed by atoms with E-state index in [2.05, 4.69) is 82.7 Å². The van der Waals surface area contributed by atoms with Gasteiger partial charge in [-0.05, 0) is 98.5 Å². The summed E-state index contributed by atoms with van der Waals surface area (Å²) in [4.78, 5) is 26.4. The first-order chi connectivity index (χ1) is 22.2. The van der Waals surface area contributed by atoms with Gasteiger partial charge in [0.05, 0.1) is 11.9 Å². The summed E-state index contributed by atoms with van der Waals surface area (Å²) in [5.41, 5.74) is 9.05. The highest BCUT2D eigenvalue weighted by Crippen LogP contribution is 2.20. The maximum absolute atomic E-state index is 12.1. The molecule has 0 unspecified atom stereocenters. The number of nitrogens with one attached hydrogen (secondary N) is 3. The molecule has 1 rings (SSSR count). The predicted octanol–water partition coefficient (Wildman–Crippen LogP) is 7.09. The summed E-state index contributed by atoms with van der Waals surface area (Å²) >= 11 is 0. The minimum atomic E-state index is -0.532. The number of hydrazine groups is 1. The molecule has 270 valence electrons. The number of rotatable bonds is 21. The van der Waals surface area contributed by atoms with E-state index in [1.165, 1.54) is 32.7 Å². The average molecular weight is 663 g/mol. The predicted molar refractivity (Wildman–Crippen MR) is 197 cm³/mol. The number of nitrogens with two attached hydrogens (primary N) is 1. The molecule has 0 aliphatic rings. The Bertz CT molecular complexity index is 982. The van der Waals surface area contributed by atoms with Crippen LogP contribution < -0.4 is 26.7 Å². The van der Waals surface area contributed by atoms with E-state index in [9.17, 15) is 9.59 Å². The summed E-state index contributed by atoms with van der Waals surface area (Å²) in [6, 6.07) is 8.39. The largest absolute Gasteiger partial charge is 0.444 e. The summed E-state index contributed by atoms with van der Waals surface area (Å²) in [5, 5.41) is 7.82. The van der Waals surface area contributed by atoms with E-state index in [1.807, 2.05) is 52.3 Å². The maximum atomic E-state index is 12.1.